The first kappa shape index (κ1) is 11.7. The van der Waals surface area contributed by atoms with Crippen LogP contribution in [0.5, 0.6) is 5.75 Å². The van der Waals surface area contributed by atoms with E-state index in [1.54, 1.807) is 12.1 Å². The van der Waals surface area contributed by atoms with Crippen molar-refractivity contribution in [1.29, 1.82) is 0 Å². The molecule has 3 heteroatoms. The summed E-state index contributed by atoms with van der Waals surface area (Å²) in [5.41, 5.74) is 1.59. The molecule has 0 atom stereocenters. The molecule has 1 N–H and O–H groups in total. The maximum absolute atomic E-state index is 10.9. The minimum atomic E-state index is 0.0443. The summed E-state index contributed by atoms with van der Waals surface area (Å²) < 4.78 is 5.22. The lowest BCUT2D eigenvalue weighted by atomic mass is 10.1. The van der Waals surface area contributed by atoms with E-state index in [4.69, 9.17) is 4.74 Å². The first-order valence-electron chi connectivity index (χ1n) is 5.01. The molecule has 0 heterocycles. The quantitative estimate of drug-likeness (QED) is 0.805. The molecule has 0 saturated heterocycles. The van der Waals surface area contributed by atoms with Gasteiger partial charge in [-0.05, 0) is 25.5 Å². The fourth-order valence-electron chi connectivity index (χ4n) is 1.34. The van der Waals surface area contributed by atoms with Crippen molar-refractivity contribution in [3.05, 3.63) is 29.3 Å². The van der Waals surface area contributed by atoms with Gasteiger partial charge in [-0.15, -0.1) is 0 Å². The normalized spacial score (nSPS) is 10.3. The summed E-state index contributed by atoms with van der Waals surface area (Å²) in [5.74, 6) is 0.213. The van der Waals surface area contributed by atoms with Gasteiger partial charge in [0.2, 0.25) is 0 Å². The number of hydrogen-bond donors (Lipinski definition) is 1. The molecule has 1 aromatic carbocycles. The van der Waals surface area contributed by atoms with Crippen LogP contribution >= 0.6 is 0 Å². The second kappa shape index (κ2) is 5.51. The van der Waals surface area contributed by atoms with Crippen molar-refractivity contribution < 1.29 is 14.6 Å². The van der Waals surface area contributed by atoms with Gasteiger partial charge in [-0.1, -0.05) is 12.1 Å². The molecule has 82 valence electrons. The SMILES string of the molecule is CCOCc1ccc(CC(C)=O)c(O)c1. The Morgan fingerprint density at radius 3 is 2.73 bits per heavy atom. The Morgan fingerprint density at radius 1 is 1.47 bits per heavy atom. The van der Waals surface area contributed by atoms with Gasteiger partial charge in [0.05, 0.1) is 6.61 Å². The second-order valence-corrected chi connectivity index (χ2v) is 3.48. The van der Waals surface area contributed by atoms with E-state index < -0.39 is 0 Å². The molecule has 0 aliphatic carbocycles. The third kappa shape index (κ3) is 3.72. The molecule has 0 aliphatic heterocycles. The van der Waals surface area contributed by atoms with E-state index in [0.29, 0.717) is 18.8 Å². The molecule has 0 saturated carbocycles. The molecule has 0 aliphatic rings. The predicted molar refractivity (Wildman–Crippen MR) is 57.8 cm³/mol. The number of carbonyl (C=O) groups excluding carboxylic acids is 1. The third-order valence-electron chi connectivity index (χ3n) is 2.06. The zero-order valence-electron chi connectivity index (χ0n) is 9.12. The van der Waals surface area contributed by atoms with Gasteiger partial charge < -0.3 is 9.84 Å². The summed E-state index contributed by atoms with van der Waals surface area (Å²) in [6.45, 7) is 4.57. The Labute approximate surface area is 89.7 Å². The molecule has 0 amide bonds. The van der Waals surface area contributed by atoms with Gasteiger partial charge in [0, 0.05) is 18.6 Å². The van der Waals surface area contributed by atoms with Crippen molar-refractivity contribution in [3.8, 4) is 5.75 Å². The molecule has 0 spiro atoms. The predicted octanol–water partition coefficient (Wildman–Crippen LogP) is 2.06. The molecule has 0 unspecified atom stereocenters. The maximum atomic E-state index is 10.9. The highest BCUT2D eigenvalue weighted by molar-refractivity contribution is 5.78. The minimum Gasteiger partial charge on any atom is -0.508 e. The van der Waals surface area contributed by atoms with Crippen molar-refractivity contribution in [2.75, 3.05) is 6.61 Å². The number of carbonyl (C=O) groups is 1. The largest absolute Gasteiger partial charge is 0.508 e. The van der Waals surface area contributed by atoms with Crippen LogP contribution in [0.15, 0.2) is 18.2 Å². The average Bonchev–Trinajstić information content (AvgIpc) is 2.18. The van der Waals surface area contributed by atoms with E-state index >= 15 is 0 Å². The van der Waals surface area contributed by atoms with Crippen molar-refractivity contribution >= 4 is 5.78 Å². The molecule has 3 nitrogen and oxygen atoms in total. The standard InChI is InChI=1S/C12H16O3/c1-3-15-8-10-4-5-11(6-9(2)13)12(14)7-10/h4-5,7,14H,3,6,8H2,1-2H3. The fourth-order valence-corrected chi connectivity index (χ4v) is 1.34. The lowest BCUT2D eigenvalue weighted by molar-refractivity contribution is -0.116. The first-order chi connectivity index (χ1) is 7.13. The number of phenols is 1. The lowest BCUT2D eigenvalue weighted by Crippen LogP contribution is -1.98. The zero-order chi connectivity index (χ0) is 11.3. The molecule has 0 radical (unpaired) electrons. The highest BCUT2D eigenvalue weighted by atomic mass is 16.5. The van der Waals surface area contributed by atoms with E-state index in [1.165, 1.54) is 6.92 Å². The maximum Gasteiger partial charge on any atom is 0.134 e. The van der Waals surface area contributed by atoms with Crippen LogP contribution in [0, 0.1) is 0 Å². The van der Waals surface area contributed by atoms with E-state index in [-0.39, 0.29) is 18.0 Å². The number of Topliss-reactive ketones (excluding diaryl/α,β-unsaturated/α-hetero) is 1. The summed E-state index contributed by atoms with van der Waals surface area (Å²) in [6.07, 6.45) is 0.279. The van der Waals surface area contributed by atoms with Crippen LogP contribution in [0.4, 0.5) is 0 Å². The molecule has 0 bridgehead atoms. The van der Waals surface area contributed by atoms with Gasteiger partial charge in [-0.2, -0.15) is 0 Å². The summed E-state index contributed by atoms with van der Waals surface area (Å²) in [7, 11) is 0. The number of phenolic OH excluding ortho intramolecular Hbond substituents is 1. The summed E-state index contributed by atoms with van der Waals surface area (Å²) >= 11 is 0. The average molecular weight is 208 g/mol. The first-order valence-corrected chi connectivity index (χ1v) is 5.01. The van der Waals surface area contributed by atoms with Crippen LogP contribution in [-0.2, 0) is 22.6 Å². The number of ketones is 1. The Bertz CT molecular complexity index is 345. The zero-order valence-corrected chi connectivity index (χ0v) is 9.12. The third-order valence-corrected chi connectivity index (χ3v) is 2.06. The van der Waals surface area contributed by atoms with Crippen molar-refractivity contribution in [2.45, 2.75) is 26.9 Å². The Hall–Kier alpha value is -1.35. The van der Waals surface area contributed by atoms with Crippen molar-refractivity contribution in [2.24, 2.45) is 0 Å². The number of rotatable bonds is 5. The number of aromatic hydroxyl groups is 1. The van der Waals surface area contributed by atoms with E-state index in [1.807, 2.05) is 13.0 Å². The topological polar surface area (TPSA) is 46.5 Å². The van der Waals surface area contributed by atoms with E-state index in [2.05, 4.69) is 0 Å². The number of hydrogen-bond acceptors (Lipinski definition) is 3. The second-order valence-electron chi connectivity index (χ2n) is 3.48. The summed E-state index contributed by atoms with van der Waals surface area (Å²) in [5, 5.41) is 9.63. The van der Waals surface area contributed by atoms with Gasteiger partial charge in [0.15, 0.2) is 0 Å². The van der Waals surface area contributed by atoms with E-state index in [9.17, 15) is 9.90 Å². The van der Waals surface area contributed by atoms with Crippen LogP contribution in [0.1, 0.15) is 25.0 Å². The monoisotopic (exact) mass is 208 g/mol. The highest BCUT2D eigenvalue weighted by Gasteiger charge is 2.05. The number of ether oxygens (including phenoxy) is 1. The Morgan fingerprint density at radius 2 is 2.20 bits per heavy atom. The summed E-state index contributed by atoms with van der Waals surface area (Å²) in [4.78, 5) is 10.9. The van der Waals surface area contributed by atoms with Crippen molar-refractivity contribution in [3.63, 3.8) is 0 Å². The fraction of sp³-hybridized carbons (Fsp3) is 0.417. The van der Waals surface area contributed by atoms with Crippen LogP contribution in [0.3, 0.4) is 0 Å². The molecule has 0 aromatic heterocycles. The molecular formula is C12H16O3. The van der Waals surface area contributed by atoms with Gasteiger partial charge in [-0.25, -0.2) is 0 Å². The van der Waals surface area contributed by atoms with Crippen LogP contribution < -0.4 is 0 Å². The molecule has 15 heavy (non-hydrogen) atoms. The number of benzene rings is 1. The van der Waals surface area contributed by atoms with Crippen LogP contribution in [-0.4, -0.2) is 17.5 Å². The molecule has 1 aromatic rings. The Kier molecular flexibility index (Phi) is 4.31. The van der Waals surface area contributed by atoms with Crippen LogP contribution in [0.25, 0.3) is 0 Å². The lowest BCUT2D eigenvalue weighted by Gasteiger charge is -2.06. The Balaban J connectivity index is 2.74. The summed E-state index contributed by atoms with van der Waals surface area (Å²) in [6, 6.07) is 5.28. The molecule has 0 fully saturated rings. The highest BCUT2D eigenvalue weighted by Crippen LogP contribution is 2.20. The smallest absolute Gasteiger partial charge is 0.134 e. The van der Waals surface area contributed by atoms with Gasteiger partial charge >= 0.3 is 0 Å². The molecule has 1 rings (SSSR count). The van der Waals surface area contributed by atoms with Crippen LogP contribution in [0.2, 0.25) is 0 Å². The van der Waals surface area contributed by atoms with Gasteiger partial charge in [0.1, 0.15) is 11.5 Å². The van der Waals surface area contributed by atoms with E-state index in [0.717, 1.165) is 5.56 Å². The van der Waals surface area contributed by atoms with Gasteiger partial charge in [0.25, 0.3) is 0 Å². The van der Waals surface area contributed by atoms with Crippen molar-refractivity contribution in [1.82, 2.24) is 0 Å². The minimum absolute atomic E-state index is 0.0443. The van der Waals surface area contributed by atoms with Gasteiger partial charge in [-0.3, -0.25) is 4.79 Å². The molecular weight excluding hydrogens is 192 g/mol.